The molecule has 3 amide bonds. The number of anilines is 1. The highest BCUT2D eigenvalue weighted by atomic mass is 19.4. The van der Waals surface area contributed by atoms with E-state index in [4.69, 9.17) is 5.10 Å². The molecule has 2 N–H and O–H groups in total. The Morgan fingerprint density at radius 3 is 2.44 bits per heavy atom. The number of piperidine rings is 2. The fourth-order valence-corrected chi connectivity index (χ4v) is 8.83. The van der Waals surface area contributed by atoms with Gasteiger partial charge in [0.1, 0.15) is 17.4 Å². The molecular formula is C40H43F3N8O4. The number of halogens is 3. The van der Waals surface area contributed by atoms with E-state index in [9.17, 15) is 32.3 Å². The van der Waals surface area contributed by atoms with E-state index in [1.54, 1.807) is 16.2 Å². The van der Waals surface area contributed by atoms with Gasteiger partial charge in [-0.05, 0) is 118 Å². The lowest BCUT2D eigenvalue weighted by Gasteiger charge is -2.37. The van der Waals surface area contributed by atoms with Crippen LogP contribution in [0.1, 0.15) is 96.7 Å². The van der Waals surface area contributed by atoms with Gasteiger partial charge in [0.15, 0.2) is 0 Å². The van der Waals surface area contributed by atoms with E-state index in [1.807, 2.05) is 42.1 Å². The van der Waals surface area contributed by atoms with E-state index >= 15 is 0 Å². The number of nitrogens with one attached hydrogen (secondary N) is 2. The first-order valence-electron chi connectivity index (χ1n) is 18.9. The fraction of sp³-hybridized carbons (Fsp3) is 0.450. The van der Waals surface area contributed by atoms with Crippen molar-refractivity contribution in [3.8, 4) is 0 Å². The van der Waals surface area contributed by atoms with Crippen molar-refractivity contribution in [3.63, 3.8) is 0 Å². The first-order valence-corrected chi connectivity index (χ1v) is 18.9. The Morgan fingerprint density at radius 1 is 0.964 bits per heavy atom. The molecule has 3 aliphatic rings. The van der Waals surface area contributed by atoms with Gasteiger partial charge >= 0.3 is 11.9 Å². The molecule has 1 atom stereocenters. The monoisotopic (exact) mass is 756 g/mol. The van der Waals surface area contributed by atoms with Crippen LogP contribution in [-0.2, 0) is 22.8 Å². The molecule has 0 unspecified atom stereocenters. The van der Waals surface area contributed by atoms with Gasteiger partial charge in [0.25, 0.3) is 5.91 Å². The second kappa shape index (κ2) is 14.4. The third-order valence-electron chi connectivity index (χ3n) is 11.8. The van der Waals surface area contributed by atoms with Crippen LogP contribution in [0.3, 0.4) is 0 Å². The van der Waals surface area contributed by atoms with Crippen LogP contribution in [0.5, 0.6) is 0 Å². The van der Waals surface area contributed by atoms with Crippen LogP contribution in [0.15, 0.2) is 59.5 Å². The number of imide groups is 1. The summed E-state index contributed by atoms with van der Waals surface area (Å²) in [6.07, 6.45) is 3.98. The molecule has 55 heavy (non-hydrogen) atoms. The Labute approximate surface area is 314 Å². The summed E-state index contributed by atoms with van der Waals surface area (Å²) in [6.45, 7) is 4.80. The van der Waals surface area contributed by atoms with Gasteiger partial charge < -0.3 is 10.2 Å². The van der Waals surface area contributed by atoms with Crippen molar-refractivity contribution in [2.45, 2.75) is 82.5 Å². The minimum Gasteiger partial charge on any atom is -0.320 e. The molecule has 2 aromatic carbocycles. The van der Waals surface area contributed by atoms with Gasteiger partial charge in [0.2, 0.25) is 11.8 Å². The molecule has 0 radical (unpaired) electrons. The van der Waals surface area contributed by atoms with E-state index < -0.39 is 29.7 Å². The van der Waals surface area contributed by atoms with Crippen molar-refractivity contribution < 1.29 is 27.6 Å². The van der Waals surface area contributed by atoms with Crippen LogP contribution in [0.25, 0.3) is 21.9 Å². The summed E-state index contributed by atoms with van der Waals surface area (Å²) in [4.78, 5) is 56.8. The number of aryl methyl sites for hydroxylation is 2. The molecule has 5 heterocycles. The number of hydrogen-bond donors (Lipinski definition) is 2. The van der Waals surface area contributed by atoms with Crippen molar-refractivity contribution in [2.75, 3.05) is 25.0 Å². The zero-order chi connectivity index (χ0) is 38.6. The zero-order valence-corrected chi connectivity index (χ0v) is 30.7. The summed E-state index contributed by atoms with van der Waals surface area (Å²) in [7, 11) is 1.76. The number of benzene rings is 2. The molecule has 1 saturated carbocycles. The van der Waals surface area contributed by atoms with Gasteiger partial charge in [-0.1, -0.05) is 18.2 Å². The van der Waals surface area contributed by atoms with Crippen LogP contribution < -0.4 is 16.3 Å². The number of nitrogens with zero attached hydrogens (tertiary/aromatic N) is 6. The second-order valence-electron chi connectivity index (χ2n) is 15.3. The van der Waals surface area contributed by atoms with Crippen molar-refractivity contribution in [1.82, 2.24) is 34.1 Å². The molecular weight excluding hydrogens is 713 g/mol. The minimum absolute atomic E-state index is 0.208. The largest absolute Gasteiger partial charge is 0.433 e. The molecule has 2 aliphatic heterocycles. The summed E-state index contributed by atoms with van der Waals surface area (Å²) in [5.41, 5.74) is 3.10. The lowest BCUT2D eigenvalue weighted by Crippen LogP contribution is -2.44. The van der Waals surface area contributed by atoms with E-state index in [-0.39, 0.29) is 29.8 Å². The van der Waals surface area contributed by atoms with E-state index in [0.29, 0.717) is 23.9 Å². The molecule has 15 heteroatoms. The Kier molecular flexibility index (Phi) is 9.60. The molecule has 8 rings (SSSR count). The molecule has 1 aliphatic carbocycles. The van der Waals surface area contributed by atoms with Crippen LogP contribution in [0.4, 0.5) is 18.9 Å². The number of fused-ring (bicyclic) bond motifs is 2. The number of aromatic nitrogens is 5. The maximum atomic E-state index is 13.4. The van der Waals surface area contributed by atoms with E-state index in [2.05, 4.69) is 26.6 Å². The number of para-hydroxylation sites is 1. The molecule has 288 valence electrons. The third-order valence-corrected chi connectivity index (χ3v) is 11.8. The first-order chi connectivity index (χ1) is 26.3. The standard InChI is InChI=1S/C40H43F3N8O4/c1-23-19-31-26(20-30(23)45-37(53)29-6-4-8-34(44-29)40(41,42)43)22-50(47-31)27-11-9-24(10-12-27)21-49-17-15-25(16-18-49)28-5-3-7-32-36(28)48(2)39(55)51(32)33-13-14-35(52)46-38(33)54/h3-8,19-20,22,24-25,27,33H,9-18,21H2,1-2H3,(H,45,53)(H,46,52,54)/t24?,27?,33-/m1/s1. The number of likely N-dealkylation sites (tertiary alicyclic amines) is 1. The third kappa shape index (κ3) is 7.17. The number of alkyl halides is 3. The van der Waals surface area contributed by atoms with Crippen LogP contribution in [0.2, 0.25) is 0 Å². The normalized spacial score (nSPS) is 21.7. The van der Waals surface area contributed by atoms with Crippen LogP contribution in [0, 0.1) is 12.8 Å². The number of hydrogen-bond acceptors (Lipinski definition) is 7. The zero-order valence-electron chi connectivity index (χ0n) is 30.7. The van der Waals surface area contributed by atoms with Gasteiger partial charge in [-0.3, -0.25) is 33.5 Å². The topological polar surface area (TPSA) is 136 Å². The van der Waals surface area contributed by atoms with Crippen molar-refractivity contribution in [1.29, 1.82) is 0 Å². The quantitative estimate of drug-likeness (QED) is 0.188. The van der Waals surface area contributed by atoms with Gasteiger partial charge in [-0.25, -0.2) is 9.78 Å². The highest BCUT2D eigenvalue weighted by Crippen LogP contribution is 2.37. The molecule has 3 fully saturated rings. The molecule has 0 bridgehead atoms. The predicted octanol–water partition coefficient (Wildman–Crippen LogP) is 6.25. The van der Waals surface area contributed by atoms with Crippen molar-refractivity contribution >= 4 is 45.3 Å². The number of carbonyl (C=O) groups excluding carboxylic acids is 3. The van der Waals surface area contributed by atoms with Crippen LogP contribution in [-0.4, -0.2) is 66.2 Å². The number of carbonyl (C=O) groups is 3. The summed E-state index contributed by atoms with van der Waals surface area (Å²) >= 11 is 0. The van der Waals surface area contributed by atoms with Gasteiger partial charge in [0.05, 0.1) is 22.6 Å². The number of amides is 3. The highest BCUT2D eigenvalue weighted by Gasteiger charge is 2.34. The van der Waals surface area contributed by atoms with E-state index in [1.165, 1.54) is 12.1 Å². The second-order valence-corrected chi connectivity index (χ2v) is 15.3. The average Bonchev–Trinajstić information content (AvgIpc) is 3.69. The van der Waals surface area contributed by atoms with Crippen LogP contribution >= 0.6 is 0 Å². The lowest BCUT2D eigenvalue weighted by atomic mass is 9.84. The summed E-state index contributed by atoms with van der Waals surface area (Å²) in [5, 5.41) is 10.8. The number of imidazole rings is 1. The molecule has 0 spiro atoms. The SMILES string of the molecule is Cc1cc2nn(C3CCC(CN4CCC(c5cccc6c5n(C)c(=O)n6[C@@H]5CCC(=O)NC5=O)CC4)CC3)cc2cc1NC(=O)c1cccc(C(F)(F)F)n1. The molecule has 2 saturated heterocycles. The summed E-state index contributed by atoms with van der Waals surface area (Å²) in [5.74, 6) is -0.572. The Balaban J connectivity index is 0.868. The van der Waals surface area contributed by atoms with Crippen molar-refractivity contribution in [3.05, 3.63) is 87.7 Å². The van der Waals surface area contributed by atoms with E-state index in [0.717, 1.165) is 97.3 Å². The lowest BCUT2D eigenvalue weighted by molar-refractivity contribution is -0.141. The maximum Gasteiger partial charge on any atom is 0.433 e. The molecule has 5 aromatic rings. The smallest absolute Gasteiger partial charge is 0.320 e. The predicted molar refractivity (Wildman–Crippen MR) is 200 cm³/mol. The van der Waals surface area contributed by atoms with Gasteiger partial charge in [-0.2, -0.15) is 18.3 Å². The van der Waals surface area contributed by atoms with Crippen molar-refractivity contribution in [2.24, 2.45) is 13.0 Å². The highest BCUT2D eigenvalue weighted by molar-refractivity contribution is 6.04. The Hall–Kier alpha value is -5.31. The Bertz CT molecular complexity index is 2360. The number of rotatable bonds is 7. The average molecular weight is 757 g/mol. The van der Waals surface area contributed by atoms with Gasteiger partial charge in [-0.15, -0.1) is 0 Å². The van der Waals surface area contributed by atoms with Gasteiger partial charge in [0, 0.05) is 37.3 Å². The number of pyridine rings is 1. The Morgan fingerprint density at radius 2 is 1.71 bits per heavy atom. The molecule has 12 nitrogen and oxygen atoms in total. The summed E-state index contributed by atoms with van der Waals surface area (Å²) < 4.78 is 44.6. The maximum absolute atomic E-state index is 13.4. The first kappa shape index (κ1) is 36.7. The fourth-order valence-electron chi connectivity index (χ4n) is 8.83. The summed E-state index contributed by atoms with van der Waals surface area (Å²) in [6, 6.07) is 12.5. The minimum atomic E-state index is -4.64. The molecule has 3 aromatic heterocycles.